The molecule has 0 radical (unpaired) electrons. The van der Waals surface area contributed by atoms with E-state index in [2.05, 4.69) is 10.0 Å². The minimum atomic E-state index is -0.160. The van der Waals surface area contributed by atoms with E-state index in [0.29, 0.717) is 10.0 Å². The molecule has 1 aromatic rings. The van der Waals surface area contributed by atoms with Gasteiger partial charge in [0.25, 0.3) is 0 Å². The summed E-state index contributed by atoms with van der Waals surface area (Å²) in [6.07, 6.45) is 1.93. The summed E-state index contributed by atoms with van der Waals surface area (Å²) in [4.78, 5) is 2.07. The van der Waals surface area contributed by atoms with Crippen molar-refractivity contribution >= 4 is 29.5 Å². The molecular weight excluding hydrogens is 285 g/mol. The second kappa shape index (κ2) is 7.55. The van der Waals surface area contributed by atoms with E-state index in [0.717, 1.165) is 24.9 Å². The zero-order valence-electron chi connectivity index (χ0n) is 11.1. The first-order valence-corrected chi connectivity index (χ1v) is 6.59. The molecule has 19 heavy (non-hydrogen) atoms. The van der Waals surface area contributed by atoms with Gasteiger partial charge in [-0.05, 0) is 44.8 Å². The summed E-state index contributed by atoms with van der Waals surface area (Å²) in [5.74, 6) is 5.90. The Labute approximate surface area is 123 Å². The van der Waals surface area contributed by atoms with E-state index in [4.69, 9.17) is 34.8 Å². The van der Waals surface area contributed by atoms with Crippen LogP contribution in [-0.2, 0) is 0 Å². The highest BCUT2D eigenvalue weighted by molar-refractivity contribution is 6.35. The largest absolute Gasteiger partial charge is 0.388 e. The van der Waals surface area contributed by atoms with E-state index in [1.54, 1.807) is 12.1 Å². The predicted octanol–water partition coefficient (Wildman–Crippen LogP) is 2.06. The van der Waals surface area contributed by atoms with Gasteiger partial charge in [0.2, 0.25) is 0 Å². The van der Waals surface area contributed by atoms with Crippen LogP contribution in [0.2, 0.25) is 10.0 Å². The maximum absolute atomic E-state index is 6.22. The molecule has 1 atom stereocenters. The maximum Gasteiger partial charge on any atom is 0.107 e. The average Bonchev–Trinajstić information content (AvgIpc) is 2.31. The number of hydrogen-bond donors (Lipinski definition) is 2. The number of hydrazine groups is 1. The molecule has 7 heteroatoms. The van der Waals surface area contributed by atoms with Crippen molar-refractivity contribution in [3.05, 3.63) is 33.8 Å². The van der Waals surface area contributed by atoms with E-state index in [9.17, 15) is 0 Å². The standard InChI is InChI=1S/C12H19Cl2N5/c1-18(2)6-5-12(19(16)17-8-15)10-4-3-9(13)7-11(10)14/h3-4,7-8,12H,5-6,16H2,1-2H3,(H2,15,17). The van der Waals surface area contributed by atoms with Gasteiger partial charge in [0, 0.05) is 10.0 Å². The Kier molecular flexibility index (Phi) is 6.37. The van der Waals surface area contributed by atoms with Crippen molar-refractivity contribution in [2.24, 2.45) is 16.7 Å². The molecule has 0 spiro atoms. The van der Waals surface area contributed by atoms with Gasteiger partial charge in [0.1, 0.15) is 6.34 Å². The Morgan fingerprint density at radius 2 is 2.05 bits per heavy atom. The number of nitrogens with zero attached hydrogens (tertiary/aromatic N) is 3. The Morgan fingerprint density at radius 1 is 1.37 bits per heavy atom. The topological polar surface area (TPSA) is 70.9 Å². The molecule has 0 aliphatic heterocycles. The highest BCUT2D eigenvalue weighted by Gasteiger charge is 2.19. The molecule has 0 aliphatic carbocycles. The van der Waals surface area contributed by atoms with E-state index >= 15 is 0 Å². The number of halogens is 2. The summed E-state index contributed by atoms with van der Waals surface area (Å²) in [6, 6.07) is 5.18. The number of hydrogen-bond acceptors (Lipinski definition) is 4. The maximum atomic E-state index is 6.22. The molecule has 5 nitrogen and oxygen atoms in total. The molecule has 0 amide bonds. The quantitative estimate of drug-likeness (QED) is 0.365. The Hall–Kier alpha value is -1.01. The van der Waals surface area contributed by atoms with E-state index in [1.165, 1.54) is 5.12 Å². The van der Waals surface area contributed by atoms with Crippen LogP contribution in [0, 0.1) is 0 Å². The van der Waals surface area contributed by atoms with Gasteiger partial charge in [-0.2, -0.15) is 5.10 Å². The molecule has 0 saturated heterocycles. The van der Waals surface area contributed by atoms with Crippen molar-refractivity contribution in [1.82, 2.24) is 10.0 Å². The van der Waals surface area contributed by atoms with Gasteiger partial charge in [0.15, 0.2) is 0 Å². The second-order valence-corrected chi connectivity index (χ2v) is 5.26. The lowest BCUT2D eigenvalue weighted by atomic mass is 10.0. The Morgan fingerprint density at radius 3 is 2.58 bits per heavy atom. The zero-order valence-corrected chi connectivity index (χ0v) is 12.6. The molecule has 1 rings (SSSR count). The molecule has 0 heterocycles. The van der Waals surface area contributed by atoms with Crippen molar-refractivity contribution in [2.45, 2.75) is 12.5 Å². The molecule has 0 fully saturated rings. The third kappa shape index (κ3) is 4.87. The molecule has 1 aromatic carbocycles. The lowest BCUT2D eigenvalue weighted by Crippen LogP contribution is -2.33. The molecule has 0 aromatic heterocycles. The fourth-order valence-corrected chi connectivity index (χ4v) is 2.27. The number of hydrazone groups is 1. The fourth-order valence-electron chi connectivity index (χ4n) is 1.74. The molecule has 4 N–H and O–H groups in total. The Bertz CT molecular complexity index is 436. The van der Waals surface area contributed by atoms with E-state index in [-0.39, 0.29) is 6.04 Å². The van der Waals surface area contributed by atoms with Crippen molar-refractivity contribution < 1.29 is 0 Å². The van der Waals surface area contributed by atoms with Crippen LogP contribution in [0.15, 0.2) is 23.3 Å². The summed E-state index contributed by atoms with van der Waals surface area (Å²) < 4.78 is 0. The van der Waals surface area contributed by atoms with Crippen LogP contribution in [0.3, 0.4) is 0 Å². The Balaban J connectivity index is 3.00. The lowest BCUT2D eigenvalue weighted by Gasteiger charge is -2.27. The number of benzene rings is 1. The van der Waals surface area contributed by atoms with Crippen LogP contribution in [0.4, 0.5) is 0 Å². The van der Waals surface area contributed by atoms with Crippen molar-refractivity contribution in [3.63, 3.8) is 0 Å². The lowest BCUT2D eigenvalue weighted by molar-refractivity contribution is 0.187. The van der Waals surface area contributed by atoms with Gasteiger partial charge < -0.3 is 10.6 Å². The van der Waals surface area contributed by atoms with Crippen LogP contribution < -0.4 is 11.6 Å². The molecular formula is C12H19Cl2N5. The molecule has 1 unspecified atom stereocenters. The van der Waals surface area contributed by atoms with Crippen molar-refractivity contribution in [3.8, 4) is 0 Å². The highest BCUT2D eigenvalue weighted by atomic mass is 35.5. The number of rotatable bonds is 6. The van der Waals surface area contributed by atoms with E-state index in [1.807, 2.05) is 20.2 Å². The van der Waals surface area contributed by atoms with Gasteiger partial charge in [-0.3, -0.25) is 0 Å². The minimum absolute atomic E-state index is 0.160. The molecule has 0 bridgehead atoms. The normalized spacial score (nSPS) is 13.2. The fraction of sp³-hybridized carbons (Fsp3) is 0.417. The summed E-state index contributed by atoms with van der Waals surface area (Å²) >= 11 is 12.1. The number of nitrogens with two attached hydrogens (primary N) is 2. The van der Waals surface area contributed by atoms with Gasteiger partial charge in [-0.1, -0.05) is 29.3 Å². The van der Waals surface area contributed by atoms with Crippen LogP contribution in [-0.4, -0.2) is 37.0 Å². The summed E-state index contributed by atoms with van der Waals surface area (Å²) in [7, 11) is 3.99. The highest BCUT2D eigenvalue weighted by Crippen LogP contribution is 2.31. The second-order valence-electron chi connectivity index (χ2n) is 4.42. The SMILES string of the molecule is CN(C)CCC(c1ccc(Cl)cc1Cl)N(N)/N=C\N. The van der Waals surface area contributed by atoms with E-state index < -0.39 is 0 Å². The minimum Gasteiger partial charge on any atom is -0.388 e. The first kappa shape index (κ1) is 16.0. The third-order valence-electron chi connectivity index (χ3n) is 2.69. The predicted molar refractivity (Wildman–Crippen MR) is 81.1 cm³/mol. The third-order valence-corrected chi connectivity index (χ3v) is 3.25. The van der Waals surface area contributed by atoms with Crippen LogP contribution >= 0.6 is 23.2 Å². The average molecular weight is 304 g/mol. The first-order chi connectivity index (χ1) is 8.95. The van der Waals surface area contributed by atoms with Gasteiger partial charge >= 0.3 is 0 Å². The van der Waals surface area contributed by atoms with Gasteiger partial charge in [-0.15, -0.1) is 0 Å². The van der Waals surface area contributed by atoms with Crippen molar-refractivity contribution in [1.29, 1.82) is 0 Å². The van der Waals surface area contributed by atoms with Gasteiger partial charge in [-0.25, -0.2) is 11.0 Å². The summed E-state index contributed by atoms with van der Waals surface area (Å²) in [5.41, 5.74) is 6.16. The van der Waals surface area contributed by atoms with Gasteiger partial charge in [0.05, 0.1) is 6.04 Å². The van der Waals surface area contributed by atoms with Crippen LogP contribution in [0.5, 0.6) is 0 Å². The molecule has 0 aliphatic rings. The van der Waals surface area contributed by atoms with Crippen molar-refractivity contribution in [2.75, 3.05) is 20.6 Å². The monoisotopic (exact) mass is 303 g/mol. The van der Waals surface area contributed by atoms with Crippen LogP contribution in [0.25, 0.3) is 0 Å². The molecule has 0 saturated carbocycles. The summed E-state index contributed by atoms with van der Waals surface area (Å²) in [5, 5.41) is 6.37. The van der Waals surface area contributed by atoms with Crippen LogP contribution in [0.1, 0.15) is 18.0 Å². The first-order valence-electron chi connectivity index (χ1n) is 5.83. The molecule has 106 valence electrons. The smallest absolute Gasteiger partial charge is 0.107 e. The summed E-state index contributed by atoms with van der Waals surface area (Å²) in [6.45, 7) is 0.845. The zero-order chi connectivity index (χ0) is 14.4.